The molecule has 0 atom stereocenters. The maximum atomic E-state index is 11.5. The molecule has 0 radical (unpaired) electrons. The van der Waals surface area contributed by atoms with Crippen molar-refractivity contribution < 1.29 is 4.79 Å². The molecular weight excluding hydrogens is 172 g/mol. The van der Waals surface area contributed by atoms with Crippen LogP contribution in [0.3, 0.4) is 0 Å². The first-order chi connectivity index (χ1) is 6.32. The van der Waals surface area contributed by atoms with Crippen molar-refractivity contribution in [1.82, 2.24) is 0 Å². The predicted molar refractivity (Wildman–Crippen MR) is 59.9 cm³/mol. The van der Waals surface area contributed by atoms with Gasteiger partial charge in [0.1, 0.15) is 0 Å². The van der Waals surface area contributed by atoms with Crippen LogP contribution < -0.4 is 0 Å². The SMILES string of the molecule is CC(=O)c1cc(C)ccc1C(C)(C)C. The first-order valence-electron chi connectivity index (χ1n) is 4.94. The average molecular weight is 190 g/mol. The Balaban J connectivity index is 3.37. The molecule has 14 heavy (non-hydrogen) atoms. The fourth-order valence-electron chi connectivity index (χ4n) is 1.60. The number of hydrogen-bond donors (Lipinski definition) is 0. The standard InChI is InChI=1S/C13H18O/c1-9-6-7-12(13(3,4)5)11(8-9)10(2)14/h6-8H,1-5H3. The van der Waals surface area contributed by atoms with E-state index in [1.165, 1.54) is 0 Å². The zero-order chi connectivity index (χ0) is 10.9. The van der Waals surface area contributed by atoms with Crippen LogP contribution in [-0.4, -0.2) is 5.78 Å². The Morgan fingerprint density at radius 1 is 1.21 bits per heavy atom. The monoisotopic (exact) mass is 190 g/mol. The van der Waals surface area contributed by atoms with E-state index in [1.807, 2.05) is 13.0 Å². The lowest BCUT2D eigenvalue weighted by Gasteiger charge is -2.22. The van der Waals surface area contributed by atoms with Gasteiger partial charge in [0.15, 0.2) is 5.78 Å². The number of ketones is 1. The van der Waals surface area contributed by atoms with Gasteiger partial charge in [-0.25, -0.2) is 0 Å². The van der Waals surface area contributed by atoms with Crippen molar-refractivity contribution in [3.8, 4) is 0 Å². The summed E-state index contributed by atoms with van der Waals surface area (Å²) in [5.74, 6) is 0.152. The number of carbonyl (C=O) groups is 1. The molecule has 0 aliphatic carbocycles. The molecule has 0 N–H and O–H groups in total. The van der Waals surface area contributed by atoms with Gasteiger partial charge in [-0.2, -0.15) is 0 Å². The van der Waals surface area contributed by atoms with E-state index in [1.54, 1.807) is 6.92 Å². The fraction of sp³-hybridized carbons (Fsp3) is 0.462. The summed E-state index contributed by atoms with van der Waals surface area (Å²) in [5.41, 5.74) is 3.17. The number of rotatable bonds is 1. The lowest BCUT2D eigenvalue weighted by Crippen LogP contribution is -2.16. The molecule has 1 aromatic rings. The molecule has 76 valence electrons. The summed E-state index contributed by atoms with van der Waals surface area (Å²) in [6.07, 6.45) is 0. The van der Waals surface area contributed by atoms with E-state index in [-0.39, 0.29) is 11.2 Å². The zero-order valence-electron chi connectivity index (χ0n) is 9.64. The van der Waals surface area contributed by atoms with Gasteiger partial charge < -0.3 is 0 Å². The Kier molecular flexibility index (Phi) is 2.79. The molecule has 0 unspecified atom stereocenters. The van der Waals surface area contributed by atoms with E-state index in [9.17, 15) is 4.79 Å². The number of aryl methyl sites for hydroxylation is 1. The zero-order valence-corrected chi connectivity index (χ0v) is 9.64. The van der Waals surface area contributed by atoms with Gasteiger partial charge in [-0.1, -0.05) is 38.5 Å². The van der Waals surface area contributed by atoms with E-state index >= 15 is 0 Å². The number of hydrogen-bond acceptors (Lipinski definition) is 1. The van der Waals surface area contributed by atoms with Crippen LogP contribution in [0.5, 0.6) is 0 Å². The first kappa shape index (κ1) is 11.0. The van der Waals surface area contributed by atoms with Gasteiger partial charge in [0.05, 0.1) is 0 Å². The Morgan fingerprint density at radius 2 is 1.79 bits per heavy atom. The summed E-state index contributed by atoms with van der Waals surface area (Å²) in [5, 5.41) is 0. The van der Waals surface area contributed by atoms with Gasteiger partial charge in [0.25, 0.3) is 0 Å². The van der Waals surface area contributed by atoms with Crippen LogP contribution in [0, 0.1) is 6.92 Å². The van der Waals surface area contributed by atoms with Crippen LogP contribution in [0.1, 0.15) is 49.2 Å². The largest absolute Gasteiger partial charge is 0.295 e. The Morgan fingerprint density at radius 3 is 2.21 bits per heavy atom. The molecule has 1 rings (SSSR count). The second kappa shape index (κ2) is 3.56. The van der Waals surface area contributed by atoms with Gasteiger partial charge in [-0.15, -0.1) is 0 Å². The van der Waals surface area contributed by atoms with Crippen molar-refractivity contribution in [1.29, 1.82) is 0 Å². The first-order valence-corrected chi connectivity index (χ1v) is 4.94. The minimum Gasteiger partial charge on any atom is -0.295 e. The third kappa shape index (κ3) is 2.22. The predicted octanol–water partition coefficient (Wildman–Crippen LogP) is 3.50. The van der Waals surface area contributed by atoms with Crippen molar-refractivity contribution in [2.45, 2.75) is 40.0 Å². The number of benzene rings is 1. The summed E-state index contributed by atoms with van der Waals surface area (Å²) in [6.45, 7) is 10.0. The van der Waals surface area contributed by atoms with Gasteiger partial charge in [-0.3, -0.25) is 4.79 Å². The Bertz CT molecular complexity index is 356. The number of carbonyl (C=O) groups excluding carboxylic acids is 1. The highest BCUT2D eigenvalue weighted by Crippen LogP contribution is 2.26. The molecule has 0 fully saturated rings. The van der Waals surface area contributed by atoms with Crippen LogP contribution in [-0.2, 0) is 5.41 Å². The molecule has 0 aliphatic rings. The second-order valence-electron chi connectivity index (χ2n) is 4.86. The number of Topliss-reactive ketones (excluding diaryl/α,β-unsaturated/α-hetero) is 1. The summed E-state index contributed by atoms with van der Waals surface area (Å²) in [6, 6.07) is 6.10. The molecule has 0 aromatic heterocycles. The van der Waals surface area contributed by atoms with Crippen LogP contribution in [0.15, 0.2) is 18.2 Å². The second-order valence-corrected chi connectivity index (χ2v) is 4.86. The van der Waals surface area contributed by atoms with Crippen molar-refractivity contribution >= 4 is 5.78 Å². The molecule has 0 saturated heterocycles. The normalized spacial score (nSPS) is 11.5. The third-order valence-electron chi connectivity index (χ3n) is 2.36. The molecule has 1 nitrogen and oxygen atoms in total. The maximum Gasteiger partial charge on any atom is 0.160 e. The van der Waals surface area contributed by atoms with Crippen LogP contribution >= 0.6 is 0 Å². The Hall–Kier alpha value is -1.11. The van der Waals surface area contributed by atoms with E-state index in [2.05, 4.69) is 32.9 Å². The van der Waals surface area contributed by atoms with E-state index in [4.69, 9.17) is 0 Å². The molecule has 1 aromatic carbocycles. The van der Waals surface area contributed by atoms with Crippen LogP contribution in [0.25, 0.3) is 0 Å². The van der Waals surface area contributed by atoms with Gasteiger partial charge in [0, 0.05) is 5.56 Å². The van der Waals surface area contributed by atoms with Crippen LogP contribution in [0.2, 0.25) is 0 Å². The molecule has 0 heterocycles. The minimum atomic E-state index is 0.0364. The third-order valence-corrected chi connectivity index (χ3v) is 2.36. The summed E-state index contributed by atoms with van der Waals surface area (Å²) in [4.78, 5) is 11.5. The highest BCUT2D eigenvalue weighted by Gasteiger charge is 2.19. The molecule has 0 amide bonds. The quantitative estimate of drug-likeness (QED) is 0.619. The van der Waals surface area contributed by atoms with E-state index < -0.39 is 0 Å². The molecule has 1 heteroatoms. The van der Waals surface area contributed by atoms with Gasteiger partial charge in [0.2, 0.25) is 0 Å². The lowest BCUT2D eigenvalue weighted by molar-refractivity contribution is 0.101. The van der Waals surface area contributed by atoms with Gasteiger partial charge in [-0.05, 0) is 30.9 Å². The molecular formula is C13H18O. The Labute approximate surface area is 86.1 Å². The molecule has 0 saturated carbocycles. The van der Waals surface area contributed by atoms with Crippen molar-refractivity contribution in [3.63, 3.8) is 0 Å². The van der Waals surface area contributed by atoms with E-state index in [0.29, 0.717) is 0 Å². The van der Waals surface area contributed by atoms with Gasteiger partial charge >= 0.3 is 0 Å². The fourth-order valence-corrected chi connectivity index (χ4v) is 1.60. The molecule has 0 aliphatic heterocycles. The lowest BCUT2D eigenvalue weighted by atomic mass is 9.82. The maximum absolute atomic E-state index is 11.5. The highest BCUT2D eigenvalue weighted by molar-refractivity contribution is 5.96. The minimum absolute atomic E-state index is 0.0364. The molecule has 0 bridgehead atoms. The summed E-state index contributed by atoms with van der Waals surface area (Å²) < 4.78 is 0. The highest BCUT2D eigenvalue weighted by atomic mass is 16.1. The average Bonchev–Trinajstić information content (AvgIpc) is 2.01. The summed E-state index contributed by atoms with van der Waals surface area (Å²) >= 11 is 0. The van der Waals surface area contributed by atoms with Crippen molar-refractivity contribution in [2.24, 2.45) is 0 Å². The van der Waals surface area contributed by atoms with Crippen molar-refractivity contribution in [3.05, 3.63) is 34.9 Å². The molecule has 0 spiro atoms. The topological polar surface area (TPSA) is 17.1 Å². The summed E-state index contributed by atoms with van der Waals surface area (Å²) in [7, 11) is 0. The van der Waals surface area contributed by atoms with Crippen molar-refractivity contribution in [2.75, 3.05) is 0 Å². The smallest absolute Gasteiger partial charge is 0.160 e. The van der Waals surface area contributed by atoms with Crippen LogP contribution in [0.4, 0.5) is 0 Å². The van der Waals surface area contributed by atoms with E-state index in [0.717, 1.165) is 16.7 Å².